The fourth-order valence-electron chi connectivity index (χ4n) is 3.10. The summed E-state index contributed by atoms with van der Waals surface area (Å²) in [4.78, 5) is 19.3. The van der Waals surface area contributed by atoms with Gasteiger partial charge in [0, 0.05) is 30.3 Å². The molecule has 1 fully saturated rings. The van der Waals surface area contributed by atoms with Crippen LogP contribution in [0.4, 0.5) is 10.6 Å². The van der Waals surface area contributed by atoms with Crippen LogP contribution in [0.3, 0.4) is 0 Å². The van der Waals surface area contributed by atoms with Gasteiger partial charge < -0.3 is 14.7 Å². The molecule has 0 aliphatic carbocycles. The molecule has 2 aromatic rings. The molecule has 1 N–H and O–H groups in total. The molecule has 1 aliphatic heterocycles. The van der Waals surface area contributed by atoms with Gasteiger partial charge in [0.05, 0.1) is 5.52 Å². The standard InChI is InChI=1S/C17H23BN3O3/c1-17(2,3)24-16(22)21-13-7-8-19-15(12(13)11-14(21)18-23)20-9-5-4-6-10-20/h7-8,11,23H,4-6,9-10H2,1-3H3. The topological polar surface area (TPSA) is 67.6 Å². The fraction of sp³-hybridized carbons (Fsp3) is 0.529. The van der Waals surface area contributed by atoms with Crippen LogP contribution in [0.1, 0.15) is 40.0 Å². The van der Waals surface area contributed by atoms with Gasteiger partial charge in [0.2, 0.25) is 0 Å². The first-order valence-electron chi connectivity index (χ1n) is 8.37. The first kappa shape index (κ1) is 16.8. The van der Waals surface area contributed by atoms with Gasteiger partial charge in [-0.25, -0.2) is 9.78 Å². The van der Waals surface area contributed by atoms with E-state index in [9.17, 15) is 9.82 Å². The highest BCUT2D eigenvalue weighted by molar-refractivity contribution is 6.46. The number of ether oxygens (including phenoxy) is 1. The highest BCUT2D eigenvalue weighted by Crippen LogP contribution is 2.27. The van der Waals surface area contributed by atoms with Gasteiger partial charge >= 0.3 is 13.6 Å². The molecule has 1 radical (unpaired) electrons. The molecule has 127 valence electrons. The Morgan fingerprint density at radius 1 is 1.29 bits per heavy atom. The number of hydrogen-bond acceptors (Lipinski definition) is 5. The number of aromatic nitrogens is 2. The van der Waals surface area contributed by atoms with Crippen LogP contribution in [0.15, 0.2) is 18.3 Å². The molecule has 0 unspecified atom stereocenters. The zero-order valence-corrected chi connectivity index (χ0v) is 14.5. The van der Waals surface area contributed by atoms with E-state index in [4.69, 9.17) is 4.74 Å². The van der Waals surface area contributed by atoms with Crippen LogP contribution in [0.25, 0.3) is 10.9 Å². The van der Waals surface area contributed by atoms with Gasteiger partial charge in [-0.2, -0.15) is 0 Å². The Kier molecular flexibility index (Phi) is 4.54. The first-order valence-corrected chi connectivity index (χ1v) is 8.37. The predicted molar refractivity (Wildman–Crippen MR) is 95.0 cm³/mol. The van der Waals surface area contributed by atoms with Crippen LogP contribution in [0.2, 0.25) is 0 Å². The van der Waals surface area contributed by atoms with E-state index in [1.54, 1.807) is 18.3 Å². The second-order valence-corrected chi connectivity index (χ2v) is 7.13. The summed E-state index contributed by atoms with van der Waals surface area (Å²) in [6.45, 7) is 7.38. The highest BCUT2D eigenvalue weighted by Gasteiger charge is 2.24. The van der Waals surface area contributed by atoms with Gasteiger partial charge in [0.15, 0.2) is 0 Å². The molecule has 2 aromatic heterocycles. The minimum absolute atomic E-state index is 0.394. The lowest BCUT2D eigenvalue weighted by Gasteiger charge is -2.28. The number of pyridine rings is 1. The van der Waals surface area contributed by atoms with E-state index in [0.29, 0.717) is 11.1 Å². The van der Waals surface area contributed by atoms with Crippen LogP contribution in [0.5, 0.6) is 0 Å². The molecule has 7 heteroatoms. The van der Waals surface area contributed by atoms with Crippen LogP contribution < -0.4 is 10.5 Å². The van der Waals surface area contributed by atoms with E-state index in [-0.39, 0.29) is 0 Å². The van der Waals surface area contributed by atoms with Gasteiger partial charge in [-0.1, -0.05) is 0 Å². The van der Waals surface area contributed by atoms with E-state index in [2.05, 4.69) is 9.88 Å². The van der Waals surface area contributed by atoms with Gasteiger partial charge in [-0.15, -0.1) is 0 Å². The normalized spacial score (nSPS) is 15.6. The van der Waals surface area contributed by atoms with Crippen LogP contribution in [0, 0.1) is 0 Å². The number of nitrogens with zero attached hydrogens (tertiary/aromatic N) is 3. The van der Waals surface area contributed by atoms with Crippen molar-refractivity contribution >= 4 is 35.9 Å². The third-order valence-electron chi connectivity index (χ3n) is 4.10. The SMILES string of the molecule is CC(C)(C)OC(=O)n1c([B]O)cc2c(N3CCCCC3)nccc21. The van der Waals surface area contributed by atoms with Gasteiger partial charge in [0.25, 0.3) is 0 Å². The maximum Gasteiger partial charge on any atom is 0.418 e. The fourth-order valence-corrected chi connectivity index (χ4v) is 3.10. The molecule has 0 atom stereocenters. The number of carbonyl (C=O) groups is 1. The maximum atomic E-state index is 12.6. The van der Waals surface area contributed by atoms with Crippen molar-refractivity contribution in [3.05, 3.63) is 18.3 Å². The Balaban J connectivity index is 2.08. The number of anilines is 1. The molecule has 1 aliphatic rings. The van der Waals surface area contributed by atoms with Crippen molar-refractivity contribution in [3.63, 3.8) is 0 Å². The summed E-state index contributed by atoms with van der Waals surface area (Å²) in [5.41, 5.74) is 0.481. The zero-order valence-electron chi connectivity index (χ0n) is 14.5. The summed E-state index contributed by atoms with van der Waals surface area (Å²) in [5.74, 6) is 0.859. The molecule has 0 amide bonds. The Labute approximate surface area is 142 Å². The van der Waals surface area contributed by atoms with Crippen molar-refractivity contribution in [1.82, 2.24) is 9.55 Å². The Hall–Kier alpha value is -2.02. The lowest BCUT2D eigenvalue weighted by molar-refractivity contribution is 0.0549. The Bertz CT molecular complexity index is 745. The molecule has 3 rings (SSSR count). The monoisotopic (exact) mass is 328 g/mol. The minimum atomic E-state index is -0.608. The molecule has 0 bridgehead atoms. The van der Waals surface area contributed by atoms with E-state index >= 15 is 0 Å². The zero-order chi connectivity index (χ0) is 17.3. The molecule has 1 saturated heterocycles. The largest absolute Gasteiger partial charge is 0.449 e. The third-order valence-corrected chi connectivity index (χ3v) is 4.10. The number of fused-ring (bicyclic) bond motifs is 1. The van der Waals surface area contributed by atoms with E-state index < -0.39 is 11.7 Å². The second kappa shape index (κ2) is 6.47. The molecule has 6 nitrogen and oxygen atoms in total. The quantitative estimate of drug-likeness (QED) is 0.855. The Morgan fingerprint density at radius 3 is 2.62 bits per heavy atom. The summed E-state index contributed by atoms with van der Waals surface area (Å²) < 4.78 is 6.88. The van der Waals surface area contributed by atoms with Gasteiger partial charge in [-0.05, 0) is 52.2 Å². The van der Waals surface area contributed by atoms with Crippen molar-refractivity contribution in [3.8, 4) is 0 Å². The maximum absolute atomic E-state index is 12.6. The van der Waals surface area contributed by atoms with Crippen molar-refractivity contribution in [2.45, 2.75) is 45.6 Å². The molecule has 3 heterocycles. The summed E-state index contributed by atoms with van der Waals surface area (Å²) in [7, 11) is 0.934. The molecule has 0 spiro atoms. The smallest absolute Gasteiger partial charge is 0.418 e. The van der Waals surface area contributed by atoms with E-state index in [1.165, 1.54) is 11.0 Å². The van der Waals surface area contributed by atoms with Gasteiger partial charge in [-0.3, -0.25) is 4.57 Å². The van der Waals surface area contributed by atoms with E-state index in [1.807, 2.05) is 20.8 Å². The molecule has 0 aromatic carbocycles. The molecular formula is C17H23BN3O3. The molecular weight excluding hydrogens is 305 g/mol. The number of carbonyl (C=O) groups excluding carboxylic acids is 1. The van der Waals surface area contributed by atoms with Crippen LogP contribution in [-0.2, 0) is 4.74 Å². The molecule has 24 heavy (non-hydrogen) atoms. The lowest BCUT2D eigenvalue weighted by atomic mass is 9.96. The number of hydrogen-bond donors (Lipinski definition) is 1. The summed E-state index contributed by atoms with van der Waals surface area (Å²) in [6, 6.07) is 3.57. The third kappa shape index (κ3) is 3.26. The van der Waals surface area contributed by atoms with Crippen molar-refractivity contribution in [2.75, 3.05) is 18.0 Å². The van der Waals surface area contributed by atoms with Crippen LogP contribution in [-0.4, -0.2) is 46.8 Å². The summed E-state index contributed by atoms with van der Waals surface area (Å²) in [6.07, 6.45) is 4.72. The average molecular weight is 328 g/mol. The average Bonchev–Trinajstić information content (AvgIpc) is 2.92. The summed E-state index contributed by atoms with van der Waals surface area (Å²) in [5, 5.41) is 10.4. The summed E-state index contributed by atoms with van der Waals surface area (Å²) >= 11 is 0. The lowest BCUT2D eigenvalue weighted by Crippen LogP contribution is -2.34. The van der Waals surface area contributed by atoms with Crippen molar-refractivity contribution < 1.29 is 14.6 Å². The number of piperidine rings is 1. The molecule has 0 saturated carbocycles. The minimum Gasteiger partial charge on any atom is -0.449 e. The van der Waals surface area contributed by atoms with Crippen molar-refractivity contribution in [1.29, 1.82) is 0 Å². The predicted octanol–water partition coefficient (Wildman–Crippen LogP) is 2.05. The van der Waals surface area contributed by atoms with Crippen molar-refractivity contribution in [2.24, 2.45) is 0 Å². The van der Waals surface area contributed by atoms with Crippen LogP contribution >= 0.6 is 0 Å². The first-order chi connectivity index (χ1) is 11.4. The number of rotatable bonds is 2. The van der Waals surface area contributed by atoms with E-state index in [0.717, 1.165) is 44.6 Å². The van der Waals surface area contributed by atoms with Gasteiger partial charge in [0.1, 0.15) is 11.4 Å². The highest BCUT2D eigenvalue weighted by atomic mass is 16.6. The second-order valence-electron chi connectivity index (χ2n) is 7.13. The Morgan fingerprint density at radius 2 is 2.00 bits per heavy atom.